The van der Waals surface area contributed by atoms with Crippen molar-refractivity contribution in [3.63, 3.8) is 0 Å². The number of halogens is 1. The number of benzene rings is 2. The second-order valence-corrected chi connectivity index (χ2v) is 4.44. The van der Waals surface area contributed by atoms with Gasteiger partial charge in [-0.25, -0.2) is 0 Å². The van der Waals surface area contributed by atoms with Crippen molar-refractivity contribution in [3.05, 3.63) is 52.5 Å². The largest absolute Gasteiger partial charge is 0.507 e. The Morgan fingerprint density at radius 3 is 2.33 bits per heavy atom. The zero-order valence-electron chi connectivity index (χ0n) is 8.37. The molecular formula is C13H11BrO. The standard InChI is InChI=1S/C13H11BrO/c1-9-2-7-13(15)12(8-9)10-3-5-11(14)6-4-10/h2-8,15H,1H3. The monoisotopic (exact) mass is 262 g/mol. The van der Waals surface area contributed by atoms with Crippen molar-refractivity contribution in [3.8, 4) is 16.9 Å². The number of rotatable bonds is 1. The first-order chi connectivity index (χ1) is 7.16. The van der Waals surface area contributed by atoms with E-state index in [1.807, 2.05) is 43.3 Å². The first-order valence-electron chi connectivity index (χ1n) is 4.72. The number of phenols is 1. The third-order valence-corrected chi connectivity index (χ3v) is 2.84. The summed E-state index contributed by atoms with van der Waals surface area (Å²) in [4.78, 5) is 0. The summed E-state index contributed by atoms with van der Waals surface area (Å²) in [5.74, 6) is 0.322. The van der Waals surface area contributed by atoms with Crippen LogP contribution in [0.2, 0.25) is 0 Å². The molecule has 0 aliphatic heterocycles. The zero-order valence-corrected chi connectivity index (χ0v) is 9.95. The van der Waals surface area contributed by atoms with Crippen molar-refractivity contribution in [2.45, 2.75) is 6.92 Å². The highest BCUT2D eigenvalue weighted by atomic mass is 79.9. The van der Waals surface area contributed by atoms with Crippen molar-refractivity contribution in [1.29, 1.82) is 0 Å². The average molecular weight is 263 g/mol. The van der Waals surface area contributed by atoms with E-state index in [1.165, 1.54) is 0 Å². The molecule has 0 radical (unpaired) electrons. The number of phenolic OH excluding ortho intramolecular Hbond substituents is 1. The lowest BCUT2D eigenvalue weighted by molar-refractivity contribution is 0.477. The molecule has 2 rings (SSSR count). The van der Waals surface area contributed by atoms with Gasteiger partial charge in [-0.05, 0) is 36.8 Å². The minimum Gasteiger partial charge on any atom is -0.507 e. The van der Waals surface area contributed by atoms with E-state index >= 15 is 0 Å². The van der Waals surface area contributed by atoms with E-state index in [0.717, 1.165) is 21.2 Å². The summed E-state index contributed by atoms with van der Waals surface area (Å²) in [5.41, 5.74) is 3.05. The van der Waals surface area contributed by atoms with Crippen molar-refractivity contribution in [2.24, 2.45) is 0 Å². The second-order valence-electron chi connectivity index (χ2n) is 3.53. The zero-order chi connectivity index (χ0) is 10.8. The molecule has 2 heteroatoms. The molecule has 1 N–H and O–H groups in total. The maximum atomic E-state index is 9.75. The van der Waals surface area contributed by atoms with Crippen molar-refractivity contribution < 1.29 is 5.11 Å². The van der Waals surface area contributed by atoms with Crippen LogP contribution in [0, 0.1) is 6.92 Å². The molecule has 0 aliphatic rings. The van der Waals surface area contributed by atoms with Gasteiger partial charge in [-0.15, -0.1) is 0 Å². The maximum absolute atomic E-state index is 9.75. The second kappa shape index (κ2) is 4.07. The quantitative estimate of drug-likeness (QED) is 0.820. The molecule has 0 atom stereocenters. The SMILES string of the molecule is Cc1ccc(O)c(-c2ccc(Br)cc2)c1. The molecule has 0 fully saturated rings. The highest BCUT2D eigenvalue weighted by molar-refractivity contribution is 9.10. The Bertz CT molecular complexity index is 474. The van der Waals surface area contributed by atoms with Gasteiger partial charge in [0.25, 0.3) is 0 Å². The topological polar surface area (TPSA) is 20.2 Å². The van der Waals surface area contributed by atoms with Gasteiger partial charge in [0, 0.05) is 10.0 Å². The fourth-order valence-corrected chi connectivity index (χ4v) is 1.77. The molecule has 0 saturated carbocycles. The summed E-state index contributed by atoms with van der Waals surface area (Å²) in [5, 5.41) is 9.75. The van der Waals surface area contributed by atoms with Gasteiger partial charge in [0.05, 0.1) is 0 Å². The lowest BCUT2D eigenvalue weighted by Gasteiger charge is -2.05. The molecule has 0 spiro atoms. The summed E-state index contributed by atoms with van der Waals surface area (Å²) in [7, 11) is 0. The van der Waals surface area contributed by atoms with Gasteiger partial charge in [0.1, 0.15) is 5.75 Å². The molecular weight excluding hydrogens is 252 g/mol. The lowest BCUT2D eigenvalue weighted by Crippen LogP contribution is -1.80. The van der Waals surface area contributed by atoms with E-state index in [4.69, 9.17) is 0 Å². The first-order valence-corrected chi connectivity index (χ1v) is 5.51. The average Bonchev–Trinajstić information content (AvgIpc) is 2.23. The number of hydrogen-bond acceptors (Lipinski definition) is 1. The Morgan fingerprint density at radius 2 is 1.67 bits per heavy atom. The van der Waals surface area contributed by atoms with E-state index in [1.54, 1.807) is 6.07 Å². The van der Waals surface area contributed by atoms with Crippen LogP contribution in [0.25, 0.3) is 11.1 Å². The van der Waals surface area contributed by atoms with Gasteiger partial charge in [-0.3, -0.25) is 0 Å². The van der Waals surface area contributed by atoms with E-state index in [9.17, 15) is 5.11 Å². The predicted molar refractivity (Wildman–Crippen MR) is 66.0 cm³/mol. The molecule has 0 aromatic heterocycles. The van der Waals surface area contributed by atoms with Gasteiger partial charge in [0.2, 0.25) is 0 Å². The molecule has 76 valence electrons. The molecule has 0 unspecified atom stereocenters. The van der Waals surface area contributed by atoms with E-state index in [0.29, 0.717) is 5.75 Å². The van der Waals surface area contributed by atoms with Crippen LogP contribution in [0.1, 0.15) is 5.56 Å². The van der Waals surface area contributed by atoms with Crippen molar-refractivity contribution in [1.82, 2.24) is 0 Å². The van der Waals surface area contributed by atoms with Crippen molar-refractivity contribution in [2.75, 3.05) is 0 Å². The number of hydrogen-bond donors (Lipinski definition) is 1. The van der Waals surface area contributed by atoms with Gasteiger partial charge in [0.15, 0.2) is 0 Å². The minimum absolute atomic E-state index is 0.322. The smallest absolute Gasteiger partial charge is 0.123 e. The summed E-state index contributed by atoms with van der Waals surface area (Å²) in [6.45, 7) is 2.02. The van der Waals surface area contributed by atoms with Crippen LogP contribution in [0.15, 0.2) is 46.9 Å². The first kappa shape index (κ1) is 10.2. The molecule has 1 nitrogen and oxygen atoms in total. The van der Waals surface area contributed by atoms with Crippen LogP contribution >= 0.6 is 15.9 Å². The summed E-state index contributed by atoms with van der Waals surface area (Å²) >= 11 is 3.39. The van der Waals surface area contributed by atoms with Crippen LogP contribution in [0.5, 0.6) is 5.75 Å². The summed E-state index contributed by atoms with van der Waals surface area (Å²) < 4.78 is 1.04. The van der Waals surface area contributed by atoms with Crippen LogP contribution in [0.3, 0.4) is 0 Å². The lowest BCUT2D eigenvalue weighted by atomic mass is 10.0. The van der Waals surface area contributed by atoms with E-state index in [2.05, 4.69) is 15.9 Å². The molecule has 0 aliphatic carbocycles. The molecule has 15 heavy (non-hydrogen) atoms. The van der Waals surface area contributed by atoms with Gasteiger partial charge in [-0.1, -0.05) is 39.7 Å². The van der Waals surface area contributed by atoms with Crippen LogP contribution in [-0.4, -0.2) is 5.11 Å². The fourth-order valence-electron chi connectivity index (χ4n) is 1.51. The normalized spacial score (nSPS) is 10.3. The molecule has 0 bridgehead atoms. The minimum atomic E-state index is 0.322. The molecule has 0 saturated heterocycles. The Morgan fingerprint density at radius 1 is 1.00 bits per heavy atom. The van der Waals surface area contributed by atoms with E-state index < -0.39 is 0 Å². The van der Waals surface area contributed by atoms with Gasteiger partial charge in [-0.2, -0.15) is 0 Å². The Kier molecular flexibility index (Phi) is 2.78. The van der Waals surface area contributed by atoms with Crippen LogP contribution in [0.4, 0.5) is 0 Å². The fraction of sp³-hybridized carbons (Fsp3) is 0.0769. The molecule has 0 heterocycles. The Balaban J connectivity index is 2.53. The van der Waals surface area contributed by atoms with Crippen molar-refractivity contribution >= 4 is 15.9 Å². The number of aryl methyl sites for hydroxylation is 1. The summed E-state index contributed by atoms with van der Waals surface area (Å²) in [6.07, 6.45) is 0. The maximum Gasteiger partial charge on any atom is 0.123 e. The van der Waals surface area contributed by atoms with Gasteiger partial charge < -0.3 is 5.11 Å². The van der Waals surface area contributed by atoms with Gasteiger partial charge >= 0.3 is 0 Å². The Labute approximate surface area is 97.5 Å². The van der Waals surface area contributed by atoms with Crippen LogP contribution < -0.4 is 0 Å². The highest BCUT2D eigenvalue weighted by Gasteiger charge is 2.03. The Hall–Kier alpha value is -1.28. The van der Waals surface area contributed by atoms with E-state index in [-0.39, 0.29) is 0 Å². The molecule has 0 amide bonds. The third-order valence-electron chi connectivity index (χ3n) is 2.31. The third kappa shape index (κ3) is 2.21. The predicted octanol–water partition coefficient (Wildman–Crippen LogP) is 4.13. The summed E-state index contributed by atoms with van der Waals surface area (Å²) in [6, 6.07) is 13.5. The van der Waals surface area contributed by atoms with Crippen LogP contribution in [-0.2, 0) is 0 Å². The molecule has 2 aromatic carbocycles. The highest BCUT2D eigenvalue weighted by Crippen LogP contribution is 2.30. The number of aromatic hydroxyl groups is 1. The molecule has 2 aromatic rings.